The quantitative estimate of drug-likeness (QED) is 0.642. The van der Waals surface area contributed by atoms with Crippen molar-refractivity contribution in [2.24, 2.45) is 0 Å². The van der Waals surface area contributed by atoms with Crippen molar-refractivity contribution in [2.75, 3.05) is 0 Å². The van der Waals surface area contributed by atoms with Crippen LogP contribution >= 0.6 is 0 Å². The highest BCUT2D eigenvalue weighted by Gasteiger charge is 2.23. The molecule has 0 atom stereocenters. The van der Waals surface area contributed by atoms with Gasteiger partial charge in [-0.25, -0.2) is 0 Å². The molecule has 3 aromatic rings. The highest BCUT2D eigenvalue weighted by molar-refractivity contribution is 5.99. The van der Waals surface area contributed by atoms with Crippen LogP contribution in [0.25, 0.3) is 16.5 Å². The molecule has 1 aliphatic rings. The lowest BCUT2D eigenvalue weighted by Gasteiger charge is -2.17. The number of nitrogens with zero attached hydrogens (tertiary/aromatic N) is 1. The Morgan fingerprint density at radius 3 is 2.71 bits per heavy atom. The molecule has 0 radical (unpaired) electrons. The van der Waals surface area contributed by atoms with Crippen molar-refractivity contribution in [2.45, 2.75) is 26.2 Å². The van der Waals surface area contributed by atoms with E-state index in [1.54, 1.807) is 0 Å². The first-order valence-electron chi connectivity index (χ1n) is 7.48. The number of ketones is 1. The van der Waals surface area contributed by atoms with Crippen LogP contribution in [0.15, 0.2) is 48.5 Å². The second-order valence-electron chi connectivity index (χ2n) is 5.76. The summed E-state index contributed by atoms with van der Waals surface area (Å²) in [4.78, 5) is 12.1. The van der Waals surface area contributed by atoms with Crippen molar-refractivity contribution < 1.29 is 4.79 Å². The molecule has 2 nitrogen and oxygen atoms in total. The van der Waals surface area contributed by atoms with Gasteiger partial charge in [0.05, 0.1) is 5.69 Å². The number of hydrogen-bond acceptors (Lipinski definition) is 1. The molecule has 0 saturated carbocycles. The van der Waals surface area contributed by atoms with E-state index < -0.39 is 0 Å². The topological polar surface area (TPSA) is 22.0 Å². The summed E-state index contributed by atoms with van der Waals surface area (Å²) in [5, 5.41) is 2.47. The van der Waals surface area contributed by atoms with E-state index in [4.69, 9.17) is 0 Å². The zero-order chi connectivity index (χ0) is 14.4. The molecule has 0 amide bonds. The number of carbonyl (C=O) groups is 1. The average molecular weight is 275 g/mol. The summed E-state index contributed by atoms with van der Waals surface area (Å²) in [6.45, 7) is 2.09. The van der Waals surface area contributed by atoms with Gasteiger partial charge < -0.3 is 4.57 Å². The molecule has 0 fully saturated rings. The molecular weight excluding hydrogens is 258 g/mol. The van der Waals surface area contributed by atoms with Crippen LogP contribution in [0, 0.1) is 6.92 Å². The maximum Gasteiger partial charge on any atom is 0.164 e. The number of benzene rings is 2. The maximum atomic E-state index is 12.1. The van der Waals surface area contributed by atoms with Crippen molar-refractivity contribution in [1.82, 2.24) is 4.57 Å². The third-order valence-electron chi connectivity index (χ3n) is 4.41. The first-order valence-corrected chi connectivity index (χ1v) is 7.48. The van der Waals surface area contributed by atoms with E-state index in [0.29, 0.717) is 12.2 Å². The summed E-state index contributed by atoms with van der Waals surface area (Å²) >= 11 is 0. The Labute approximate surface area is 124 Å². The fraction of sp³-hybridized carbons (Fsp3) is 0.211. The lowest BCUT2D eigenvalue weighted by atomic mass is 9.96. The van der Waals surface area contributed by atoms with E-state index in [0.717, 1.165) is 24.1 Å². The van der Waals surface area contributed by atoms with Crippen LogP contribution in [0.4, 0.5) is 0 Å². The summed E-state index contributed by atoms with van der Waals surface area (Å²) < 4.78 is 2.27. The first-order chi connectivity index (χ1) is 10.3. The number of hydrogen-bond donors (Lipinski definition) is 0. The van der Waals surface area contributed by atoms with Crippen LogP contribution in [-0.2, 0) is 6.42 Å². The minimum absolute atomic E-state index is 0.290. The molecule has 104 valence electrons. The van der Waals surface area contributed by atoms with Crippen molar-refractivity contribution in [1.29, 1.82) is 0 Å². The van der Waals surface area contributed by atoms with E-state index in [2.05, 4.69) is 60.0 Å². The molecule has 0 aliphatic heterocycles. The molecule has 0 N–H and O–H groups in total. The minimum atomic E-state index is 0.290. The summed E-state index contributed by atoms with van der Waals surface area (Å²) in [7, 11) is 0. The molecule has 1 heterocycles. The number of Topliss-reactive ketones (excluding diaryl/α,β-unsaturated/α-hetero) is 1. The smallest absolute Gasteiger partial charge is 0.164 e. The monoisotopic (exact) mass is 275 g/mol. The molecule has 21 heavy (non-hydrogen) atoms. The molecule has 1 aromatic heterocycles. The zero-order valence-corrected chi connectivity index (χ0v) is 12.1. The predicted molar refractivity (Wildman–Crippen MR) is 85.3 cm³/mol. The van der Waals surface area contributed by atoms with Gasteiger partial charge in [-0.1, -0.05) is 36.4 Å². The van der Waals surface area contributed by atoms with Gasteiger partial charge in [0.15, 0.2) is 5.78 Å². The van der Waals surface area contributed by atoms with E-state index in [1.807, 2.05) is 0 Å². The summed E-state index contributed by atoms with van der Waals surface area (Å²) in [6.07, 6.45) is 2.63. The van der Waals surface area contributed by atoms with Gasteiger partial charge in [-0.3, -0.25) is 4.79 Å². The van der Waals surface area contributed by atoms with Gasteiger partial charge in [0, 0.05) is 28.8 Å². The van der Waals surface area contributed by atoms with Crippen LogP contribution in [0.5, 0.6) is 0 Å². The van der Waals surface area contributed by atoms with E-state index in [1.165, 1.54) is 22.2 Å². The minimum Gasteiger partial charge on any atom is -0.317 e. The summed E-state index contributed by atoms with van der Waals surface area (Å²) in [5.41, 5.74) is 4.43. The largest absolute Gasteiger partial charge is 0.317 e. The molecular formula is C19H17NO. The molecule has 1 aliphatic carbocycles. The van der Waals surface area contributed by atoms with Gasteiger partial charge in [-0.15, -0.1) is 0 Å². The standard InChI is InChI=1S/C19H17NO/c1-13-12-16-18(10-5-11-19(16)21)20(13)17-9-4-7-14-6-2-3-8-15(14)17/h2-4,6-9,12H,5,10-11H2,1H3. The third-order valence-corrected chi connectivity index (χ3v) is 4.41. The molecule has 0 saturated heterocycles. The number of carbonyl (C=O) groups excluding carboxylic acids is 1. The number of rotatable bonds is 1. The Morgan fingerprint density at radius 2 is 1.81 bits per heavy atom. The van der Waals surface area contributed by atoms with Crippen molar-refractivity contribution >= 4 is 16.6 Å². The maximum absolute atomic E-state index is 12.1. The Bertz CT molecular complexity index is 852. The Morgan fingerprint density at radius 1 is 1.00 bits per heavy atom. The molecule has 0 spiro atoms. The van der Waals surface area contributed by atoms with Crippen LogP contribution in [-0.4, -0.2) is 10.4 Å². The van der Waals surface area contributed by atoms with Gasteiger partial charge in [0.1, 0.15) is 0 Å². The number of aryl methyl sites for hydroxylation is 1. The van der Waals surface area contributed by atoms with Crippen molar-refractivity contribution in [3.8, 4) is 5.69 Å². The molecule has 2 heteroatoms. The normalized spacial score (nSPS) is 14.4. The summed E-state index contributed by atoms with van der Waals surface area (Å²) in [5.74, 6) is 0.290. The zero-order valence-electron chi connectivity index (χ0n) is 12.1. The Hall–Kier alpha value is -2.35. The number of fused-ring (bicyclic) bond motifs is 2. The lowest BCUT2D eigenvalue weighted by Crippen LogP contribution is -2.12. The SMILES string of the molecule is Cc1cc2c(n1-c1cccc3ccccc13)CCCC2=O. The van der Waals surface area contributed by atoms with Gasteiger partial charge >= 0.3 is 0 Å². The molecule has 4 rings (SSSR count). The Kier molecular flexibility index (Phi) is 2.71. The van der Waals surface area contributed by atoms with Crippen LogP contribution in [0.1, 0.15) is 34.6 Å². The Balaban J connectivity index is 2.04. The fourth-order valence-corrected chi connectivity index (χ4v) is 3.47. The lowest BCUT2D eigenvalue weighted by molar-refractivity contribution is 0.0972. The molecule has 0 bridgehead atoms. The molecule has 0 unspecified atom stereocenters. The van der Waals surface area contributed by atoms with Crippen molar-refractivity contribution in [3.63, 3.8) is 0 Å². The van der Waals surface area contributed by atoms with Gasteiger partial charge in [0.25, 0.3) is 0 Å². The van der Waals surface area contributed by atoms with Gasteiger partial charge in [0.2, 0.25) is 0 Å². The van der Waals surface area contributed by atoms with Crippen LogP contribution in [0.3, 0.4) is 0 Å². The van der Waals surface area contributed by atoms with E-state index in [-0.39, 0.29) is 0 Å². The number of aromatic nitrogens is 1. The van der Waals surface area contributed by atoms with Crippen LogP contribution < -0.4 is 0 Å². The highest BCUT2D eigenvalue weighted by atomic mass is 16.1. The molecule has 2 aromatic carbocycles. The summed E-state index contributed by atoms with van der Waals surface area (Å²) in [6, 6.07) is 16.9. The second kappa shape index (κ2) is 4.59. The van der Waals surface area contributed by atoms with E-state index in [9.17, 15) is 4.79 Å². The average Bonchev–Trinajstić information content (AvgIpc) is 2.84. The van der Waals surface area contributed by atoms with Gasteiger partial charge in [-0.2, -0.15) is 0 Å². The fourth-order valence-electron chi connectivity index (χ4n) is 3.47. The third kappa shape index (κ3) is 1.83. The predicted octanol–water partition coefficient (Wildman–Crippen LogP) is 4.46. The van der Waals surface area contributed by atoms with Crippen molar-refractivity contribution in [3.05, 3.63) is 65.5 Å². The van der Waals surface area contributed by atoms with E-state index >= 15 is 0 Å². The first kappa shape index (κ1) is 12.4. The second-order valence-corrected chi connectivity index (χ2v) is 5.76. The van der Waals surface area contributed by atoms with Crippen LogP contribution in [0.2, 0.25) is 0 Å². The van der Waals surface area contributed by atoms with Gasteiger partial charge in [-0.05, 0) is 37.3 Å². The highest BCUT2D eigenvalue weighted by Crippen LogP contribution is 2.31.